The third-order valence-electron chi connectivity index (χ3n) is 4.17. The van der Waals surface area contributed by atoms with Crippen LogP contribution in [0.15, 0.2) is 60.7 Å². The Hall–Kier alpha value is -1.96. The van der Waals surface area contributed by atoms with Crippen molar-refractivity contribution in [1.82, 2.24) is 0 Å². The van der Waals surface area contributed by atoms with Gasteiger partial charge in [0, 0.05) is 37.1 Å². The van der Waals surface area contributed by atoms with E-state index in [4.69, 9.17) is 0 Å². The molecule has 1 atom stereocenters. The van der Waals surface area contributed by atoms with Gasteiger partial charge in [-0.1, -0.05) is 36.4 Å². The minimum Gasteiger partial charge on any atom is -0.370 e. The first kappa shape index (κ1) is 13.0. The maximum atomic E-state index is 2.53. The number of hydrogen-bond donors (Lipinski definition) is 0. The van der Waals surface area contributed by atoms with Gasteiger partial charge in [0.25, 0.3) is 0 Å². The molecule has 1 aliphatic rings. The number of nitrogens with zero attached hydrogens (tertiary/aromatic N) is 2. The molecule has 1 aliphatic heterocycles. The summed E-state index contributed by atoms with van der Waals surface area (Å²) in [5.41, 5.74) is 2.68. The molecule has 0 spiro atoms. The zero-order chi connectivity index (χ0) is 13.8. The van der Waals surface area contributed by atoms with E-state index in [0.717, 1.165) is 19.6 Å². The fourth-order valence-corrected chi connectivity index (χ4v) is 2.96. The molecule has 0 N–H and O–H groups in total. The van der Waals surface area contributed by atoms with Crippen LogP contribution in [0.4, 0.5) is 11.4 Å². The number of para-hydroxylation sites is 2. The minimum absolute atomic E-state index is 0.589. The maximum Gasteiger partial charge on any atom is 0.0369 e. The molecule has 1 heterocycles. The maximum absolute atomic E-state index is 2.53. The number of anilines is 2. The van der Waals surface area contributed by atoms with Crippen molar-refractivity contribution >= 4 is 11.4 Å². The van der Waals surface area contributed by atoms with Crippen LogP contribution in [0.1, 0.15) is 13.3 Å². The van der Waals surface area contributed by atoms with Crippen molar-refractivity contribution in [1.29, 1.82) is 0 Å². The van der Waals surface area contributed by atoms with E-state index in [1.54, 1.807) is 0 Å². The first-order chi connectivity index (χ1) is 9.84. The van der Waals surface area contributed by atoms with Crippen LogP contribution in [0.3, 0.4) is 0 Å². The monoisotopic (exact) mass is 266 g/mol. The molecule has 104 valence electrons. The molecule has 0 saturated carbocycles. The van der Waals surface area contributed by atoms with E-state index >= 15 is 0 Å². The standard InChI is InChI=1S/C18H22N2/c1-16-12-13-19(17-8-4-2-5-9-17)14-15-20(16)18-10-6-3-7-11-18/h2-11,16H,12-15H2,1H3. The summed E-state index contributed by atoms with van der Waals surface area (Å²) >= 11 is 0. The molecule has 0 aromatic heterocycles. The summed E-state index contributed by atoms with van der Waals surface area (Å²) in [5, 5.41) is 0. The molecule has 0 amide bonds. The Kier molecular flexibility index (Phi) is 3.91. The molecule has 2 nitrogen and oxygen atoms in total. The van der Waals surface area contributed by atoms with Gasteiger partial charge in [-0.25, -0.2) is 0 Å². The fraction of sp³-hybridized carbons (Fsp3) is 0.333. The lowest BCUT2D eigenvalue weighted by Gasteiger charge is -2.29. The number of benzene rings is 2. The van der Waals surface area contributed by atoms with E-state index in [1.807, 2.05) is 0 Å². The van der Waals surface area contributed by atoms with Gasteiger partial charge in [0.15, 0.2) is 0 Å². The average molecular weight is 266 g/mol. The van der Waals surface area contributed by atoms with Crippen LogP contribution in [-0.2, 0) is 0 Å². The van der Waals surface area contributed by atoms with E-state index in [-0.39, 0.29) is 0 Å². The Balaban J connectivity index is 1.76. The van der Waals surface area contributed by atoms with Crippen molar-refractivity contribution in [2.75, 3.05) is 29.4 Å². The van der Waals surface area contributed by atoms with E-state index in [9.17, 15) is 0 Å². The highest BCUT2D eigenvalue weighted by Gasteiger charge is 2.20. The van der Waals surface area contributed by atoms with Crippen molar-refractivity contribution in [3.05, 3.63) is 60.7 Å². The Morgan fingerprint density at radius 2 is 1.35 bits per heavy atom. The molecular weight excluding hydrogens is 244 g/mol. The molecule has 0 radical (unpaired) electrons. The highest BCUT2D eigenvalue weighted by atomic mass is 15.2. The summed E-state index contributed by atoms with van der Waals surface area (Å²) in [6.45, 7) is 5.64. The molecule has 2 aromatic carbocycles. The van der Waals surface area contributed by atoms with Gasteiger partial charge in [0.05, 0.1) is 0 Å². The molecule has 2 aromatic rings. The smallest absolute Gasteiger partial charge is 0.0369 e. The molecule has 1 saturated heterocycles. The van der Waals surface area contributed by atoms with Crippen molar-refractivity contribution in [2.24, 2.45) is 0 Å². The lowest BCUT2D eigenvalue weighted by atomic mass is 10.2. The summed E-state index contributed by atoms with van der Waals surface area (Å²) in [6, 6.07) is 22.1. The van der Waals surface area contributed by atoms with Crippen LogP contribution in [0.25, 0.3) is 0 Å². The predicted octanol–water partition coefficient (Wildman–Crippen LogP) is 3.79. The summed E-state index contributed by atoms with van der Waals surface area (Å²) in [6.07, 6.45) is 1.20. The van der Waals surface area contributed by atoms with Crippen LogP contribution in [0.2, 0.25) is 0 Å². The third-order valence-corrected chi connectivity index (χ3v) is 4.17. The van der Waals surface area contributed by atoms with Gasteiger partial charge in [0.2, 0.25) is 0 Å². The summed E-state index contributed by atoms with van der Waals surface area (Å²) in [7, 11) is 0. The van der Waals surface area contributed by atoms with Gasteiger partial charge in [-0.15, -0.1) is 0 Å². The highest BCUT2D eigenvalue weighted by molar-refractivity contribution is 5.50. The second-order valence-electron chi connectivity index (χ2n) is 5.49. The lowest BCUT2D eigenvalue weighted by Crippen LogP contribution is -2.34. The van der Waals surface area contributed by atoms with Gasteiger partial charge in [-0.3, -0.25) is 0 Å². The lowest BCUT2D eigenvalue weighted by molar-refractivity contribution is 0.639. The van der Waals surface area contributed by atoms with Crippen molar-refractivity contribution in [3.8, 4) is 0 Å². The van der Waals surface area contributed by atoms with E-state index in [1.165, 1.54) is 17.8 Å². The van der Waals surface area contributed by atoms with Gasteiger partial charge >= 0.3 is 0 Å². The van der Waals surface area contributed by atoms with E-state index < -0.39 is 0 Å². The van der Waals surface area contributed by atoms with Crippen LogP contribution >= 0.6 is 0 Å². The predicted molar refractivity (Wildman–Crippen MR) is 86.5 cm³/mol. The third kappa shape index (κ3) is 2.79. The Morgan fingerprint density at radius 1 is 0.750 bits per heavy atom. The molecule has 3 rings (SSSR count). The number of rotatable bonds is 2. The second-order valence-corrected chi connectivity index (χ2v) is 5.49. The number of hydrogen-bond acceptors (Lipinski definition) is 2. The first-order valence-corrected chi connectivity index (χ1v) is 7.46. The van der Waals surface area contributed by atoms with Crippen LogP contribution in [0.5, 0.6) is 0 Å². The summed E-state index contributed by atoms with van der Waals surface area (Å²) < 4.78 is 0. The van der Waals surface area contributed by atoms with Crippen molar-refractivity contribution in [3.63, 3.8) is 0 Å². The molecule has 0 aliphatic carbocycles. The largest absolute Gasteiger partial charge is 0.370 e. The quantitative estimate of drug-likeness (QED) is 0.816. The van der Waals surface area contributed by atoms with Gasteiger partial charge < -0.3 is 9.80 Å². The van der Waals surface area contributed by atoms with Gasteiger partial charge in [0.1, 0.15) is 0 Å². The molecule has 20 heavy (non-hydrogen) atoms. The normalized spacial score (nSPS) is 19.8. The summed E-state index contributed by atoms with van der Waals surface area (Å²) in [5.74, 6) is 0. The Labute approximate surface area is 121 Å². The topological polar surface area (TPSA) is 6.48 Å². The first-order valence-electron chi connectivity index (χ1n) is 7.46. The highest BCUT2D eigenvalue weighted by Crippen LogP contribution is 2.23. The average Bonchev–Trinajstić information content (AvgIpc) is 2.71. The zero-order valence-electron chi connectivity index (χ0n) is 12.1. The minimum atomic E-state index is 0.589. The Bertz CT molecular complexity index is 524. The zero-order valence-corrected chi connectivity index (χ0v) is 12.1. The summed E-state index contributed by atoms with van der Waals surface area (Å²) in [4.78, 5) is 5.03. The Morgan fingerprint density at radius 3 is 2.00 bits per heavy atom. The molecule has 0 bridgehead atoms. The van der Waals surface area contributed by atoms with E-state index in [0.29, 0.717) is 6.04 Å². The van der Waals surface area contributed by atoms with Crippen LogP contribution < -0.4 is 9.80 Å². The molecule has 2 heteroatoms. The van der Waals surface area contributed by atoms with Crippen molar-refractivity contribution < 1.29 is 0 Å². The van der Waals surface area contributed by atoms with Crippen LogP contribution in [-0.4, -0.2) is 25.7 Å². The second kappa shape index (κ2) is 6.00. The molecule has 1 fully saturated rings. The van der Waals surface area contributed by atoms with E-state index in [2.05, 4.69) is 77.4 Å². The molecule has 1 unspecified atom stereocenters. The SMILES string of the molecule is CC1CCN(c2ccccc2)CCN1c1ccccc1. The van der Waals surface area contributed by atoms with Crippen molar-refractivity contribution in [2.45, 2.75) is 19.4 Å². The van der Waals surface area contributed by atoms with Gasteiger partial charge in [-0.05, 0) is 37.6 Å². The molecular formula is C18H22N2. The van der Waals surface area contributed by atoms with Gasteiger partial charge in [-0.2, -0.15) is 0 Å². The fourth-order valence-electron chi connectivity index (χ4n) is 2.96. The van der Waals surface area contributed by atoms with Crippen LogP contribution in [0, 0.1) is 0 Å².